The Bertz CT molecular complexity index is 883. The first-order valence-electron chi connectivity index (χ1n) is 9.42. The quantitative estimate of drug-likeness (QED) is 0.339. The molecule has 1 heterocycles. The van der Waals surface area contributed by atoms with Gasteiger partial charge in [-0.1, -0.05) is 12.2 Å². The van der Waals surface area contributed by atoms with Crippen LogP contribution in [0.25, 0.3) is 0 Å². The molecule has 2 amide bonds. The molecule has 5 aliphatic rings. The molecule has 0 unspecified atom stereocenters. The third-order valence-electron chi connectivity index (χ3n) is 6.55. The van der Waals surface area contributed by atoms with Gasteiger partial charge in [-0.2, -0.15) is 0 Å². The molecule has 144 valence electrons. The summed E-state index contributed by atoms with van der Waals surface area (Å²) in [5.41, 5.74) is 0.331. The molecule has 3 fully saturated rings. The third kappa shape index (κ3) is 2.42. The van der Waals surface area contributed by atoms with Crippen LogP contribution in [0.2, 0.25) is 0 Å². The number of rotatable bonds is 4. The maximum Gasteiger partial charge on any atom is 0.337 e. The monoisotopic (exact) mass is 381 g/mol. The predicted molar refractivity (Wildman–Crippen MR) is 94.8 cm³/mol. The molecular weight excluding hydrogens is 362 g/mol. The second-order valence-electron chi connectivity index (χ2n) is 7.91. The summed E-state index contributed by atoms with van der Waals surface area (Å²) in [7, 11) is 1.28. The summed E-state index contributed by atoms with van der Waals surface area (Å²) in [5.74, 6) is -0.788. The van der Waals surface area contributed by atoms with Crippen molar-refractivity contribution in [1.82, 2.24) is 4.90 Å². The Labute approximate surface area is 161 Å². The molecule has 1 aromatic rings. The lowest BCUT2D eigenvalue weighted by Gasteiger charge is -2.37. The number of methoxy groups -OCH3 is 1. The molecule has 7 nitrogen and oxygen atoms in total. The number of allylic oxidation sites excluding steroid dienone is 2. The van der Waals surface area contributed by atoms with E-state index in [2.05, 4.69) is 16.9 Å². The number of carbonyl (C=O) groups excluding carboxylic acids is 4. The second-order valence-corrected chi connectivity index (χ2v) is 7.91. The Kier molecular flexibility index (Phi) is 3.69. The van der Waals surface area contributed by atoms with Crippen molar-refractivity contribution in [1.29, 1.82) is 0 Å². The number of carbonyl (C=O) groups is 4. The summed E-state index contributed by atoms with van der Waals surface area (Å²) >= 11 is 0. The number of hydrogen-bond acceptors (Lipinski definition) is 6. The Morgan fingerprint density at radius 2 is 1.57 bits per heavy atom. The van der Waals surface area contributed by atoms with Gasteiger partial charge in [0, 0.05) is 0 Å². The van der Waals surface area contributed by atoms with E-state index in [9.17, 15) is 19.2 Å². The molecule has 0 N–H and O–H groups in total. The van der Waals surface area contributed by atoms with E-state index < -0.39 is 18.5 Å². The molecule has 2 saturated carbocycles. The summed E-state index contributed by atoms with van der Waals surface area (Å²) in [5, 5.41) is 0. The first-order valence-corrected chi connectivity index (χ1v) is 9.42. The van der Waals surface area contributed by atoms with Crippen molar-refractivity contribution in [2.45, 2.75) is 6.42 Å². The SMILES string of the molecule is COC(=O)c1ccc(OC(=O)CN2C(=O)[C@@H]3[C@H]4C=C[C@@H]([C@@H]5C[C@H]45)[C@@H]3C2=O)cc1. The van der Waals surface area contributed by atoms with Crippen LogP contribution in [0.4, 0.5) is 0 Å². The van der Waals surface area contributed by atoms with Crippen molar-refractivity contribution in [3.63, 3.8) is 0 Å². The molecule has 2 bridgehead atoms. The second kappa shape index (κ2) is 6.02. The van der Waals surface area contributed by atoms with Crippen molar-refractivity contribution in [3.05, 3.63) is 42.0 Å². The molecule has 4 aliphatic carbocycles. The molecule has 1 aromatic carbocycles. The average Bonchev–Trinajstić information content (AvgIpc) is 3.49. The van der Waals surface area contributed by atoms with Gasteiger partial charge in [0.15, 0.2) is 0 Å². The highest BCUT2D eigenvalue weighted by molar-refractivity contribution is 6.08. The first-order chi connectivity index (χ1) is 13.5. The van der Waals surface area contributed by atoms with E-state index in [-0.39, 0.29) is 41.2 Å². The molecule has 1 saturated heterocycles. The maximum absolute atomic E-state index is 12.9. The zero-order chi connectivity index (χ0) is 19.6. The van der Waals surface area contributed by atoms with Crippen molar-refractivity contribution < 1.29 is 28.7 Å². The number of imide groups is 1. The lowest BCUT2D eigenvalue weighted by Crippen LogP contribution is -2.40. The van der Waals surface area contributed by atoms with Gasteiger partial charge in [0.1, 0.15) is 12.3 Å². The lowest BCUT2D eigenvalue weighted by molar-refractivity contribution is -0.148. The molecular formula is C21H19NO6. The van der Waals surface area contributed by atoms with Crippen LogP contribution >= 0.6 is 0 Å². The minimum absolute atomic E-state index is 0.128. The highest BCUT2D eigenvalue weighted by atomic mass is 16.5. The van der Waals surface area contributed by atoms with Crippen LogP contribution in [0.3, 0.4) is 0 Å². The van der Waals surface area contributed by atoms with E-state index >= 15 is 0 Å². The van der Waals surface area contributed by atoms with Gasteiger partial charge in [-0.15, -0.1) is 0 Å². The van der Waals surface area contributed by atoms with Crippen LogP contribution in [0.5, 0.6) is 5.75 Å². The number of ether oxygens (including phenoxy) is 2. The summed E-state index contributed by atoms with van der Waals surface area (Å²) in [6, 6.07) is 5.89. The average molecular weight is 381 g/mol. The van der Waals surface area contributed by atoms with Crippen molar-refractivity contribution >= 4 is 23.8 Å². The Morgan fingerprint density at radius 1 is 1.00 bits per heavy atom. The molecule has 6 rings (SSSR count). The molecule has 0 aromatic heterocycles. The van der Waals surface area contributed by atoms with E-state index in [1.807, 2.05) is 0 Å². The van der Waals surface area contributed by atoms with Crippen molar-refractivity contribution in [2.75, 3.05) is 13.7 Å². The Morgan fingerprint density at radius 3 is 2.11 bits per heavy atom. The molecule has 1 aliphatic heterocycles. The fraction of sp³-hybridized carbons (Fsp3) is 0.429. The van der Waals surface area contributed by atoms with Gasteiger partial charge in [0.25, 0.3) is 0 Å². The van der Waals surface area contributed by atoms with E-state index in [4.69, 9.17) is 4.74 Å². The van der Waals surface area contributed by atoms with Gasteiger partial charge in [0.05, 0.1) is 24.5 Å². The van der Waals surface area contributed by atoms with Crippen molar-refractivity contribution in [3.8, 4) is 5.75 Å². The number of amides is 2. The largest absolute Gasteiger partial charge is 0.465 e. The van der Waals surface area contributed by atoms with Crippen LogP contribution in [0.15, 0.2) is 36.4 Å². The normalized spacial score (nSPS) is 34.1. The summed E-state index contributed by atoms with van der Waals surface area (Å²) in [4.78, 5) is 50.5. The number of hydrogen-bond donors (Lipinski definition) is 0. The zero-order valence-corrected chi connectivity index (χ0v) is 15.2. The van der Waals surface area contributed by atoms with Crippen LogP contribution in [0.1, 0.15) is 16.8 Å². The van der Waals surface area contributed by atoms with Gasteiger partial charge in [0.2, 0.25) is 11.8 Å². The van der Waals surface area contributed by atoms with E-state index in [1.54, 1.807) is 0 Å². The predicted octanol–water partition coefficient (Wildman–Crippen LogP) is 1.43. The Hall–Kier alpha value is -2.96. The third-order valence-corrected chi connectivity index (χ3v) is 6.55. The number of nitrogens with zero attached hydrogens (tertiary/aromatic N) is 1. The number of esters is 2. The van der Waals surface area contributed by atoms with Crippen LogP contribution in [0, 0.1) is 35.5 Å². The van der Waals surface area contributed by atoms with Crippen molar-refractivity contribution in [2.24, 2.45) is 35.5 Å². The topological polar surface area (TPSA) is 90.0 Å². The minimum Gasteiger partial charge on any atom is -0.465 e. The fourth-order valence-electron chi connectivity index (χ4n) is 5.24. The Balaban J connectivity index is 1.27. The standard InChI is InChI=1S/C21H19NO6/c1-27-21(26)10-2-4-11(5-3-10)28-16(23)9-22-19(24)17-12-6-7-13(15-8-14(12)15)18(17)20(22)25/h2-7,12-15,17-18H,8-9H2,1H3/t12-,13-,14-,15+,17-,18+/m0/s1. The van der Waals surface area contributed by atoms with E-state index in [0.29, 0.717) is 17.4 Å². The summed E-state index contributed by atoms with van der Waals surface area (Å²) < 4.78 is 9.86. The molecule has 0 radical (unpaired) electrons. The number of likely N-dealkylation sites (tertiary alicyclic amines) is 1. The van der Waals surface area contributed by atoms with Gasteiger partial charge < -0.3 is 9.47 Å². The van der Waals surface area contributed by atoms with Crippen LogP contribution < -0.4 is 4.74 Å². The maximum atomic E-state index is 12.9. The summed E-state index contributed by atoms with van der Waals surface area (Å²) in [6.45, 7) is -0.391. The minimum atomic E-state index is -0.684. The van der Waals surface area contributed by atoms with Gasteiger partial charge in [-0.05, 0) is 54.4 Å². The zero-order valence-electron chi connectivity index (χ0n) is 15.2. The van der Waals surface area contributed by atoms with Gasteiger partial charge in [-0.25, -0.2) is 9.59 Å². The molecule has 28 heavy (non-hydrogen) atoms. The van der Waals surface area contributed by atoms with Crippen LogP contribution in [-0.4, -0.2) is 42.3 Å². The van der Waals surface area contributed by atoms with E-state index in [0.717, 1.165) is 11.3 Å². The highest BCUT2D eigenvalue weighted by Gasteiger charge is 2.67. The number of benzene rings is 1. The molecule has 0 spiro atoms. The van der Waals surface area contributed by atoms with Crippen LogP contribution in [-0.2, 0) is 19.1 Å². The molecule has 6 atom stereocenters. The van der Waals surface area contributed by atoms with E-state index in [1.165, 1.54) is 31.4 Å². The highest BCUT2D eigenvalue weighted by Crippen LogP contribution is 2.65. The van der Waals surface area contributed by atoms with Gasteiger partial charge >= 0.3 is 11.9 Å². The smallest absolute Gasteiger partial charge is 0.337 e. The first kappa shape index (κ1) is 17.2. The fourth-order valence-corrected chi connectivity index (χ4v) is 5.24. The summed E-state index contributed by atoms with van der Waals surface area (Å²) in [6.07, 6.45) is 5.28. The molecule has 7 heteroatoms. The van der Waals surface area contributed by atoms with Gasteiger partial charge in [-0.3, -0.25) is 14.5 Å². The lowest BCUT2D eigenvalue weighted by atomic mass is 9.63.